The van der Waals surface area contributed by atoms with Gasteiger partial charge in [-0.05, 0) is 29.8 Å². The molecular formula is C21H18Cl2N2OS. The molecule has 0 bridgehead atoms. The highest BCUT2D eigenvalue weighted by Crippen LogP contribution is 2.48. The fourth-order valence-electron chi connectivity index (χ4n) is 3.66. The molecule has 6 heteroatoms. The van der Waals surface area contributed by atoms with Crippen LogP contribution in [0.1, 0.15) is 28.0 Å². The van der Waals surface area contributed by atoms with E-state index in [4.69, 9.17) is 23.2 Å². The molecule has 0 amide bonds. The molecule has 138 valence electrons. The molecule has 1 N–H and O–H groups in total. The van der Waals surface area contributed by atoms with Gasteiger partial charge in [0.25, 0.3) is 0 Å². The van der Waals surface area contributed by atoms with E-state index in [0.717, 1.165) is 38.2 Å². The lowest BCUT2D eigenvalue weighted by atomic mass is 9.89. The summed E-state index contributed by atoms with van der Waals surface area (Å²) >= 11 is 14.3. The van der Waals surface area contributed by atoms with Crippen LogP contribution in [-0.4, -0.2) is 28.6 Å². The van der Waals surface area contributed by atoms with Crippen molar-refractivity contribution in [3.63, 3.8) is 0 Å². The number of benzene rings is 1. The van der Waals surface area contributed by atoms with Gasteiger partial charge in [-0.1, -0.05) is 47.5 Å². The fourth-order valence-corrected chi connectivity index (χ4v) is 5.06. The minimum Gasteiger partial charge on any atom is -0.384 e. The Balaban J connectivity index is 1.91. The van der Waals surface area contributed by atoms with E-state index in [1.54, 1.807) is 23.7 Å². The van der Waals surface area contributed by atoms with Crippen molar-refractivity contribution in [2.75, 3.05) is 13.6 Å². The molecule has 1 aliphatic heterocycles. The van der Waals surface area contributed by atoms with Gasteiger partial charge in [-0.15, -0.1) is 11.3 Å². The van der Waals surface area contributed by atoms with Crippen molar-refractivity contribution in [2.24, 2.45) is 0 Å². The fraction of sp³-hybridized carbons (Fsp3) is 0.190. The first-order valence-corrected chi connectivity index (χ1v) is 10.2. The van der Waals surface area contributed by atoms with Crippen molar-refractivity contribution >= 4 is 40.2 Å². The second kappa shape index (κ2) is 7.64. The van der Waals surface area contributed by atoms with Crippen LogP contribution in [0, 0.1) is 0 Å². The van der Waals surface area contributed by atoms with Gasteiger partial charge in [-0.2, -0.15) is 0 Å². The highest BCUT2D eigenvalue weighted by atomic mass is 35.5. The Morgan fingerprint density at radius 3 is 2.63 bits per heavy atom. The van der Waals surface area contributed by atoms with Crippen molar-refractivity contribution < 1.29 is 5.11 Å². The summed E-state index contributed by atoms with van der Waals surface area (Å²) in [5.41, 5.74) is 3.58. The number of pyridine rings is 1. The minimum atomic E-state index is -0.777. The number of aliphatic hydroxyl groups is 1. The summed E-state index contributed by atoms with van der Waals surface area (Å²) in [5, 5.41) is 12.0. The number of thiophene rings is 1. The molecular weight excluding hydrogens is 399 g/mol. The molecule has 3 nitrogen and oxygen atoms in total. The summed E-state index contributed by atoms with van der Waals surface area (Å²) in [6, 6.07) is 15.4. The molecule has 2 aromatic heterocycles. The molecule has 0 radical (unpaired) electrons. The Morgan fingerprint density at radius 2 is 1.96 bits per heavy atom. The lowest BCUT2D eigenvalue weighted by Crippen LogP contribution is -2.15. The topological polar surface area (TPSA) is 36.4 Å². The molecule has 0 aliphatic carbocycles. The monoisotopic (exact) mass is 416 g/mol. The Hall–Kier alpha value is -1.85. The second-order valence-corrected chi connectivity index (χ2v) is 8.70. The van der Waals surface area contributed by atoms with Crippen LogP contribution in [0.25, 0.3) is 5.70 Å². The van der Waals surface area contributed by atoms with Crippen LogP contribution < -0.4 is 0 Å². The molecule has 3 heterocycles. The number of nitrogens with zero attached hydrogens (tertiary/aromatic N) is 2. The van der Waals surface area contributed by atoms with Gasteiger partial charge in [0, 0.05) is 58.6 Å². The van der Waals surface area contributed by atoms with Gasteiger partial charge < -0.3 is 10.0 Å². The highest BCUT2D eigenvalue weighted by Gasteiger charge is 2.37. The van der Waals surface area contributed by atoms with Gasteiger partial charge in [-0.3, -0.25) is 4.98 Å². The molecule has 0 saturated heterocycles. The highest BCUT2D eigenvalue weighted by molar-refractivity contribution is 7.16. The van der Waals surface area contributed by atoms with Gasteiger partial charge in [0.05, 0.1) is 4.34 Å². The van der Waals surface area contributed by atoms with E-state index in [-0.39, 0.29) is 5.92 Å². The summed E-state index contributed by atoms with van der Waals surface area (Å²) in [6.45, 7) is 0.754. The number of aromatic nitrogens is 1. The zero-order chi connectivity index (χ0) is 19.0. The number of likely N-dealkylation sites (N-methyl/N-ethyl adjacent to an activating group) is 1. The number of aliphatic hydroxyl groups excluding tert-OH is 1. The van der Waals surface area contributed by atoms with Gasteiger partial charge >= 0.3 is 0 Å². The maximum atomic E-state index is 11.3. The lowest BCUT2D eigenvalue weighted by Gasteiger charge is -2.21. The first-order chi connectivity index (χ1) is 13.1. The largest absolute Gasteiger partial charge is 0.384 e. The van der Waals surface area contributed by atoms with Crippen molar-refractivity contribution in [1.82, 2.24) is 9.88 Å². The summed E-state index contributed by atoms with van der Waals surface area (Å²) in [5.74, 6) is 0.0361. The number of halogens is 2. The normalized spacial score (nSPS) is 18.2. The molecule has 27 heavy (non-hydrogen) atoms. The van der Waals surface area contributed by atoms with Crippen molar-refractivity contribution in [1.29, 1.82) is 0 Å². The average Bonchev–Trinajstić information content (AvgIpc) is 3.25. The first-order valence-electron chi connectivity index (χ1n) is 8.59. The van der Waals surface area contributed by atoms with Crippen LogP contribution in [0.2, 0.25) is 9.36 Å². The quantitative estimate of drug-likeness (QED) is 0.598. The molecule has 0 spiro atoms. The van der Waals surface area contributed by atoms with E-state index in [9.17, 15) is 5.11 Å². The van der Waals surface area contributed by atoms with Crippen LogP contribution in [-0.2, 0) is 0 Å². The maximum Gasteiger partial charge on any atom is 0.105 e. The van der Waals surface area contributed by atoms with Crippen molar-refractivity contribution in [3.05, 3.63) is 91.9 Å². The molecule has 1 aromatic carbocycles. The van der Waals surface area contributed by atoms with Gasteiger partial charge in [-0.25, -0.2) is 0 Å². The maximum absolute atomic E-state index is 11.3. The number of hydrogen-bond donors (Lipinski definition) is 1. The van der Waals surface area contributed by atoms with Crippen molar-refractivity contribution in [3.8, 4) is 0 Å². The number of hydrogen-bond acceptors (Lipinski definition) is 4. The smallest absolute Gasteiger partial charge is 0.105 e. The molecule has 0 fully saturated rings. The summed E-state index contributed by atoms with van der Waals surface area (Å²) < 4.78 is 0.745. The summed E-state index contributed by atoms with van der Waals surface area (Å²) in [6.07, 6.45) is 2.64. The Labute approximate surface area is 172 Å². The van der Waals surface area contributed by atoms with E-state index in [0.29, 0.717) is 5.02 Å². The van der Waals surface area contributed by atoms with Crippen LogP contribution in [0.15, 0.2) is 66.5 Å². The molecule has 0 saturated carbocycles. The van der Waals surface area contributed by atoms with Crippen LogP contribution >= 0.6 is 34.5 Å². The minimum absolute atomic E-state index is 0.0361. The predicted molar refractivity (Wildman–Crippen MR) is 112 cm³/mol. The summed E-state index contributed by atoms with van der Waals surface area (Å²) in [4.78, 5) is 7.47. The average molecular weight is 417 g/mol. The van der Waals surface area contributed by atoms with E-state index in [1.807, 2.05) is 55.6 Å². The molecule has 2 unspecified atom stereocenters. The third-order valence-electron chi connectivity index (χ3n) is 4.85. The van der Waals surface area contributed by atoms with Gasteiger partial charge in [0.2, 0.25) is 0 Å². The third-order valence-corrected chi connectivity index (χ3v) is 6.52. The zero-order valence-corrected chi connectivity index (χ0v) is 17.0. The van der Waals surface area contributed by atoms with Crippen molar-refractivity contribution in [2.45, 2.75) is 12.0 Å². The standard InChI is InChI=1S/C21H18Cl2N2OS/c1-25-12-15(17-8-9-18(23)27-17)19(21(26)13-5-4-10-24-11-13)20(25)14-6-2-3-7-16(14)22/h2-11,15,21,26H,12H2,1H3. The Kier molecular flexibility index (Phi) is 5.24. The van der Waals surface area contributed by atoms with Gasteiger partial charge in [0.15, 0.2) is 0 Å². The Bertz CT molecular complexity index is 987. The van der Waals surface area contributed by atoms with E-state index in [2.05, 4.69) is 9.88 Å². The van der Waals surface area contributed by atoms with Crippen LogP contribution in [0.4, 0.5) is 0 Å². The SMILES string of the molecule is CN1CC(c2ccc(Cl)s2)C(C(O)c2cccnc2)=C1c1ccccc1Cl. The van der Waals surface area contributed by atoms with Crippen LogP contribution in [0.3, 0.4) is 0 Å². The predicted octanol–water partition coefficient (Wildman–Crippen LogP) is 5.62. The van der Waals surface area contributed by atoms with Crippen LogP contribution in [0.5, 0.6) is 0 Å². The van der Waals surface area contributed by atoms with Gasteiger partial charge in [0.1, 0.15) is 6.10 Å². The molecule has 3 aromatic rings. The lowest BCUT2D eigenvalue weighted by molar-refractivity contribution is 0.210. The number of rotatable bonds is 4. The third kappa shape index (κ3) is 3.50. The summed E-state index contributed by atoms with van der Waals surface area (Å²) in [7, 11) is 2.03. The molecule has 1 aliphatic rings. The van der Waals surface area contributed by atoms with E-state index < -0.39 is 6.10 Å². The Morgan fingerprint density at radius 1 is 1.15 bits per heavy atom. The second-order valence-electron chi connectivity index (χ2n) is 6.55. The van der Waals surface area contributed by atoms with E-state index >= 15 is 0 Å². The molecule has 2 atom stereocenters. The zero-order valence-electron chi connectivity index (χ0n) is 14.6. The molecule has 4 rings (SSSR count). The first kappa shape index (κ1) is 18.5. The van der Waals surface area contributed by atoms with E-state index in [1.165, 1.54) is 0 Å².